The molecule has 0 aliphatic heterocycles. The van der Waals surface area contributed by atoms with E-state index in [2.05, 4.69) is 26.2 Å². The van der Waals surface area contributed by atoms with Crippen molar-refractivity contribution in [1.82, 2.24) is 0 Å². The maximum absolute atomic E-state index is 11.2. The molecule has 0 aromatic rings. The Bertz CT molecular complexity index is 334. The third-order valence-electron chi connectivity index (χ3n) is 2.88. The summed E-state index contributed by atoms with van der Waals surface area (Å²) in [6, 6.07) is 0.912. The quantitative estimate of drug-likeness (QED) is 0.218. The summed E-state index contributed by atoms with van der Waals surface area (Å²) in [5.41, 5.74) is 0.316. The first-order valence-electron chi connectivity index (χ1n) is 7.71. The van der Waals surface area contributed by atoms with Crippen LogP contribution in [0.25, 0.3) is 0 Å². The first kappa shape index (κ1) is 21.7. The minimum absolute atomic E-state index is 0.0761. The fourth-order valence-electron chi connectivity index (χ4n) is 1.85. The van der Waals surface area contributed by atoms with Gasteiger partial charge in [0.15, 0.2) is 0 Å². The van der Waals surface area contributed by atoms with Crippen LogP contribution in [0.5, 0.6) is 0 Å². The summed E-state index contributed by atoms with van der Waals surface area (Å²) < 4.78 is 22.1. The lowest BCUT2D eigenvalue weighted by atomic mass is 10.3. The number of hydrogen-bond acceptors (Lipinski definition) is 6. The van der Waals surface area contributed by atoms with Crippen molar-refractivity contribution < 1.29 is 27.6 Å². The number of esters is 1. The van der Waals surface area contributed by atoms with Gasteiger partial charge in [0, 0.05) is 12.2 Å². The highest BCUT2D eigenvalue weighted by molar-refractivity contribution is 6.74. The maximum Gasteiger partial charge on any atom is 0.333 e. The van der Waals surface area contributed by atoms with Gasteiger partial charge in [0.2, 0.25) is 0 Å². The number of aliphatic hydroxyl groups is 1. The SMILES string of the molecule is C=C(C)C(=O)OCC(O)COCCC[Si](C)(O[SiH2]C)O[SiH2]C. The van der Waals surface area contributed by atoms with E-state index in [9.17, 15) is 9.90 Å². The van der Waals surface area contributed by atoms with Crippen LogP contribution in [0.1, 0.15) is 13.3 Å². The minimum Gasteiger partial charge on any atom is -0.460 e. The summed E-state index contributed by atoms with van der Waals surface area (Å²) in [5, 5.41) is 9.65. The molecule has 0 fully saturated rings. The molecule has 0 aromatic carbocycles. The van der Waals surface area contributed by atoms with Crippen LogP contribution in [0.15, 0.2) is 12.2 Å². The fourth-order valence-corrected chi connectivity index (χ4v) is 9.76. The van der Waals surface area contributed by atoms with Crippen LogP contribution in [-0.2, 0) is 22.5 Å². The highest BCUT2D eigenvalue weighted by Gasteiger charge is 2.28. The zero-order valence-electron chi connectivity index (χ0n) is 14.2. The predicted molar refractivity (Wildman–Crippen MR) is 94.6 cm³/mol. The van der Waals surface area contributed by atoms with Crippen LogP contribution < -0.4 is 0 Å². The van der Waals surface area contributed by atoms with Crippen LogP contribution in [0.2, 0.25) is 25.7 Å². The Morgan fingerprint density at radius 3 is 2.36 bits per heavy atom. The average molecular weight is 367 g/mol. The molecular weight excluding hydrogens is 336 g/mol. The van der Waals surface area contributed by atoms with Gasteiger partial charge in [-0.2, -0.15) is 0 Å². The van der Waals surface area contributed by atoms with Gasteiger partial charge in [-0.15, -0.1) is 0 Å². The molecule has 22 heavy (non-hydrogen) atoms. The topological polar surface area (TPSA) is 74.2 Å². The Morgan fingerprint density at radius 1 is 1.27 bits per heavy atom. The molecule has 6 nitrogen and oxygen atoms in total. The van der Waals surface area contributed by atoms with E-state index in [0.29, 0.717) is 12.2 Å². The molecule has 0 aliphatic carbocycles. The Hall–Kier alpha value is -0.299. The van der Waals surface area contributed by atoms with E-state index in [1.807, 2.05) is 0 Å². The van der Waals surface area contributed by atoms with Crippen molar-refractivity contribution in [3.63, 3.8) is 0 Å². The van der Waals surface area contributed by atoms with Crippen LogP contribution >= 0.6 is 0 Å². The van der Waals surface area contributed by atoms with Gasteiger partial charge in [-0.3, -0.25) is 0 Å². The van der Waals surface area contributed by atoms with Crippen molar-refractivity contribution in [2.45, 2.75) is 45.1 Å². The third kappa shape index (κ3) is 10.4. The Balaban J connectivity index is 3.78. The second kappa shape index (κ2) is 12.2. The standard InChI is InChI=1S/C13H30O6Si3/c1-11(2)13(15)17-10-12(14)9-16-7-6-8-22(5,18-20-3)19-21-4/h12,14H,1,6-10,20-21H2,2-5H3. The molecule has 9 heteroatoms. The Kier molecular flexibility index (Phi) is 12.0. The number of rotatable bonds is 13. The van der Waals surface area contributed by atoms with Crippen molar-refractivity contribution >= 4 is 34.1 Å². The molecule has 0 saturated carbocycles. The first-order valence-corrected chi connectivity index (χ1v) is 14.2. The molecule has 130 valence electrons. The number of aliphatic hydroxyl groups excluding tert-OH is 1. The lowest BCUT2D eigenvalue weighted by Crippen LogP contribution is -2.40. The van der Waals surface area contributed by atoms with Crippen LogP contribution in [0.3, 0.4) is 0 Å². The number of ether oxygens (including phenoxy) is 2. The molecule has 1 N–H and O–H groups in total. The molecule has 0 aliphatic rings. The van der Waals surface area contributed by atoms with E-state index < -0.39 is 40.2 Å². The largest absolute Gasteiger partial charge is 0.460 e. The summed E-state index contributed by atoms with van der Waals surface area (Å²) in [5.74, 6) is -0.498. The molecule has 0 aromatic heterocycles. The van der Waals surface area contributed by atoms with E-state index in [0.717, 1.165) is 12.5 Å². The monoisotopic (exact) mass is 366 g/mol. The van der Waals surface area contributed by atoms with Crippen molar-refractivity contribution in [3.8, 4) is 0 Å². The number of hydrogen-bond donors (Lipinski definition) is 1. The zero-order chi connectivity index (χ0) is 17.0. The van der Waals surface area contributed by atoms with Gasteiger partial charge < -0.3 is 22.8 Å². The first-order chi connectivity index (χ1) is 10.3. The molecule has 0 spiro atoms. The summed E-state index contributed by atoms with van der Waals surface area (Å²) >= 11 is 0. The maximum atomic E-state index is 11.2. The second-order valence-corrected chi connectivity index (χ2v) is 11.4. The summed E-state index contributed by atoms with van der Waals surface area (Å²) in [6.45, 7) is 12.0. The molecule has 0 bridgehead atoms. The van der Waals surface area contributed by atoms with Crippen LogP contribution in [0, 0.1) is 0 Å². The molecule has 0 radical (unpaired) electrons. The minimum atomic E-state index is -1.97. The van der Waals surface area contributed by atoms with Gasteiger partial charge in [-0.05, 0) is 25.9 Å². The van der Waals surface area contributed by atoms with Crippen LogP contribution in [-0.4, -0.2) is 65.1 Å². The lowest BCUT2D eigenvalue weighted by molar-refractivity contribution is -0.143. The normalized spacial score (nSPS) is 16.2. The van der Waals surface area contributed by atoms with Gasteiger partial charge in [0.05, 0.1) is 6.61 Å². The molecule has 0 saturated heterocycles. The molecule has 1 unspecified atom stereocenters. The lowest BCUT2D eigenvalue weighted by Gasteiger charge is -2.27. The van der Waals surface area contributed by atoms with Gasteiger partial charge in [-0.25, -0.2) is 4.79 Å². The van der Waals surface area contributed by atoms with Crippen molar-refractivity contribution in [3.05, 3.63) is 12.2 Å². The van der Waals surface area contributed by atoms with E-state index in [4.69, 9.17) is 17.7 Å². The van der Waals surface area contributed by atoms with Crippen molar-refractivity contribution in [2.24, 2.45) is 0 Å². The van der Waals surface area contributed by atoms with Crippen LogP contribution in [0.4, 0.5) is 0 Å². The van der Waals surface area contributed by atoms with Crippen molar-refractivity contribution in [2.75, 3.05) is 19.8 Å². The highest BCUT2D eigenvalue weighted by atomic mass is 28.4. The number of carbonyl (C=O) groups excluding carboxylic acids is 1. The van der Waals surface area contributed by atoms with Gasteiger partial charge >= 0.3 is 14.5 Å². The average Bonchev–Trinajstić information content (AvgIpc) is 2.44. The summed E-state index contributed by atoms with van der Waals surface area (Å²) in [6.07, 6.45) is 0.0367. The summed E-state index contributed by atoms with van der Waals surface area (Å²) in [7, 11) is -2.89. The second-order valence-electron chi connectivity index (χ2n) is 5.21. The van der Waals surface area contributed by atoms with Gasteiger partial charge in [-0.1, -0.05) is 19.7 Å². The van der Waals surface area contributed by atoms with E-state index >= 15 is 0 Å². The highest BCUT2D eigenvalue weighted by Crippen LogP contribution is 2.15. The molecule has 0 amide bonds. The Morgan fingerprint density at radius 2 is 1.86 bits per heavy atom. The third-order valence-corrected chi connectivity index (χ3v) is 11.3. The predicted octanol–water partition coefficient (Wildman–Crippen LogP) is 0.242. The molecular formula is C13H30O6Si3. The fraction of sp³-hybridized carbons (Fsp3) is 0.769. The van der Waals surface area contributed by atoms with E-state index in [1.54, 1.807) is 6.92 Å². The smallest absolute Gasteiger partial charge is 0.333 e. The van der Waals surface area contributed by atoms with E-state index in [-0.39, 0.29) is 13.2 Å². The zero-order valence-corrected chi connectivity index (χ0v) is 18.1. The number of carbonyl (C=O) groups is 1. The van der Waals surface area contributed by atoms with Gasteiger partial charge in [0.25, 0.3) is 0 Å². The molecule has 1 atom stereocenters. The summed E-state index contributed by atoms with van der Waals surface area (Å²) in [4.78, 5) is 11.2. The Labute approximate surface area is 139 Å². The van der Waals surface area contributed by atoms with Crippen molar-refractivity contribution in [1.29, 1.82) is 0 Å². The molecule has 0 heterocycles. The molecule has 0 rings (SSSR count). The van der Waals surface area contributed by atoms with E-state index in [1.165, 1.54) is 0 Å². The van der Waals surface area contributed by atoms with Gasteiger partial charge in [0.1, 0.15) is 32.2 Å².